The normalized spacial score (nSPS) is 15.0. The average Bonchev–Trinajstić information content (AvgIpc) is 2.69. The number of nitrogens with zero attached hydrogens (tertiary/aromatic N) is 1. The number of hydrogen-bond acceptors (Lipinski definition) is 4. The molecule has 0 saturated carbocycles. The summed E-state index contributed by atoms with van der Waals surface area (Å²) in [7, 11) is -3.54. The van der Waals surface area contributed by atoms with Crippen molar-refractivity contribution in [1.82, 2.24) is 10.2 Å². The number of hydrogen-bond donors (Lipinski definition) is 2. The molecule has 2 aromatic rings. The van der Waals surface area contributed by atoms with Crippen molar-refractivity contribution in [1.29, 1.82) is 0 Å². The fourth-order valence-corrected chi connectivity index (χ4v) is 4.03. The van der Waals surface area contributed by atoms with Gasteiger partial charge >= 0.3 is 0 Å². The number of amides is 2. The van der Waals surface area contributed by atoms with Crippen LogP contribution < -0.4 is 10.0 Å². The zero-order valence-corrected chi connectivity index (χ0v) is 17.8. The first-order valence-electron chi connectivity index (χ1n) is 9.26. The second-order valence-corrected chi connectivity index (χ2v) is 9.24. The van der Waals surface area contributed by atoms with Crippen LogP contribution in [0.25, 0.3) is 0 Å². The quantitative estimate of drug-likeness (QED) is 0.727. The second kappa shape index (κ2) is 9.01. The smallest absolute Gasteiger partial charge is 0.256 e. The lowest BCUT2D eigenvalue weighted by Crippen LogP contribution is -2.46. The summed E-state index contributed by atoms with van der Waals surface area (Å²) in [6.45, 7) is 0.777. The van der Waals surface area contributed by atoms with Gasteiger partial charge in [-0.2, -0.15) is 0 Å². The first-order chi connectivity index (χ1) is 14.1. The monoisotopic (exact) mass is 453 g/mol. The van der Waals surface area contributed by atoms with Gasteiger partial charge in [-0.3, -0.25) is 14.3 Å². The van der Waals surface area contributed by atoms with Crippen molar-refractivity contribution in [2.75, 3.05) is 24.1 Å². The van der Waals surface area contributed by atoms with Crippen molar-refractivity contribution >= 4 is 39.1 Å². The Morgan fingerprint density at radius 2 is 1.80 bits per heavy atom. The van der Waals surface area contributed by atoms with E-state index in [4.69, 9.17) is 11.6 Å². The maximum atomic E-state index is 13.8. The van der Waals surface area contributed by atoms with Crippen molar-refractivity contribution in [2.45, 2.75) is 18.9 Å². The fraction of sp³-hybridized carbons (Fsp3) is 0.300. The first-order valence-corrected chi connectivity index (χ1v) is 11.5. The van der Waals surface area contributed by atoms with E-state index in [1.165, 1.54) is 36.4 Å². The minimum Gasteiger partial charge on any atom is -0.349 e. The molecule has 0 spiro atoms. The van der Waals surface area contributed by atoms with Crippen LogP contribution in [0.4, 0.5) is 10.1 Å². The van der Waals surface area contributed by atoms with Gasteiger partial charge in [0, 0.05) is 24.7 Å². The standard InChI is InChI=1S/C20H21ClFN3O4S/c1-30(28,29)24-18-12-13(6-7-16(18)21)19(26)23-14-8-10-25(11-9-14)20(27)15-4-2-3-5-17(15)22/h2-7,12,14,24H,8-11H2,1H3,(H,23,26). The molecule has 1 heterocycles. The largest absolute Gasteiger partial charge is 0.349 e. The van der Waals surface area contributed by atoms with Crippen LogP contribution in [0, 0.1) is 5.82 Å². The molecule has 0 radical (unpaired) electrons. The molecule has 1 fully saturated rings. The van der Waals surface area contributed by atoms with Gasteiger partial charge in [0.2, 0.25) is 10.0 Å². The van der Waals surface area contributed by atoms with Crippen molar-refractivity contribution in [3.63, 3.8) is 0 Å². The van der Waals surface area contributed by atoms with Crippen molar-refractivity contribution < 1.29 is 22.4 Å². The number of carbonyl (C=O) groups is 2. The van der Waals surface area contributed by atoms with Crippen LogP contribution in [-0.4, -0.2) is 50.5 Å². The van der Waals surface area contributed by atoms with Crippen LogP contribution in [0.1, 0.15) is 33.6 Å². The van der Waals surface area contributed by atoms with Gasteiger partial charge in [-0.05, 0) is 43.2 Å². The summed E-state index contributed by atoms with van der Waals surface area (Å²) in [6.07, 6.45) is 2.04. The molecule has 160 valence electrons. The van der Waals surface area contributed by atoms with Gasteiger partial charge in [0.15, 0.2) is 0 Å². The van der Waals surface area contributed by atoms with Crippen LogP contribution in [0.3, 0.4) is 0 Å². The molecule has 10 heteroatoms. The summed E-state index contributed by atoms with van der Waals surface area (Å²) in [5.74, 6) is -1.30. The van der Waals surface area contributed by atoms with Crippen molar-refractivity contribution in [3.8, 4) is 0 Å². The third-order valence-electron chi connectivity index (χ3n) is 4.75. The molecule has 0 aromatic heterocycles. The average molecular weight is 454 g/mol. The molecule has 1 aliphatic heterocycles. The first kappa shape index (κ1) is 22.0. The fourth-order valence-electron chi connectivity index (χ4n) is 3.25. The second-order valence-electron chi connectivity index (χ2n) is 7.09. The predicted octanol–water partition coefficient (Wildman–Crippen LogP) is 2.89. The lowest BCUT2D eigenvalue weighted by atomic mass is 10.0. The highest BCUT2D eigenvalue weighted by atomic mass is 35.5. The summed E-state index contributed by atoms with van der Waals surface area (Å²) in [6, 6.07) is 10.00. The molecule has 30 heavy (non-hydrogen) atoms. The van der Waals surface area contributed by atoms with Gasteiger partial charge in [0.05, 0.1) is 22.5 Å². The molecule has 2 aromatic carbocycles. The third-order valence-corrected chi connectivity index (χ3v) is 5.67. The molecular weight excluding hydrogens is 433 g/mol. The Balaban J connectivity index is 1.60. The van der Waals surface area contributed by atoms with Gasteiger partial charge in [0.25, 0.3) is 11.8 Å². The Labute approximate surface area is 179 Å². The highest BCUT2D eigenvalue weighted by Gasteiger charge is 2.26. The number of anilines is 1. The van der Waals surface area contributed by atoms with E-state index in [1.807, 2.05) is 0 Å². The number of piperidine rings is 1. The molecule has 0 aliphatic carbocycles. The van der Waals surface area contributed by atoms with Gasteiger partial charge in [-0.25, -0.2) is 12.8 Å². The molecule has 2 N–H and O–H groups in total. The van der Waals surface area contributed by atoms with E-state index >= 15 is 0 Å². The highest BCUT2D eigenvalue weighted by Crippen LogP contribution is 2.24. The number of sulfonamides is 1. The summed E-state index contributed by atoms with van der Waals surface area (Å²) in [5, 5.41) is 3.06. The van der Waals surface area contributed by atoms with Gasteiger partial charge in [-0.1, -0.05) is 23.7 Å². The molecule has 7 nitrogen and oxygen atoms in total. The zero-order valence-electron chi connectivity index (χ0n) is 16.2. The van der Waals surface area contributed by atoms with Crippen LogP contribution in [0.15, 0.2) is 42.5 Å². The lowest BCUT2D eigenvalue weighted by molar-refractivity contribution is 0.0693. The molecular formula is C20H21ClFN3O4S. The minimum absolute atomic E-state index is 0.0343. The molecule has 2 amide bonds. The maximum absolute atomic E-state index is 13.8. The van der Waals surface area contributed by atoms with Gasteiger partial charge in [0.1, 0.15) is 5.82 Å². The van der Waals surface area contributed by atoms with Crippen LogP contribution in [0.5, 0.6) is 0 Å². The number of benzene rings is 2. The van der Waals surface area contributed by atoms with Crippen molar-refractivity contribution in [2.24, 2.45) is 0 Å². The Bertz CT molecular complexity index is 1070. The highest BCUT2D eigenvalue weighted by molar-refractivity contribution is 7.92. The molecule has 3 rings (SSSR count). The summed E-state index contributed by atoms with van der Waals surface area (Å²) < 4.78 is 39.0. The summed E-state index contributed by atoms with van der Waals surface area (Å²) in [5.41, 5.74) is 0.416. The van der Waals surface area contributed by atoms with E-state index in [2.05, 4.69) is 10.0 Å². The lowest BCUT2D eigenvalue weighted by Gasteiger charge is -2.32. The van der Waals surface area contributed by atoms with E-state index in [9.17, 15) is 22.4 Å². The van der Waals surface area contributed by atoms with Gasteiger partial charge < -0.3 is 10.2 Å². The summed E-state index contributed by atoms with van der Waals surface area (Å²) in [4.78, 5) is 26.6. The maximum Gasteiger partial charge on any atom is 0.256 e. The Hall–Kier alpha value is -2.65. The van der Waals surface area contributed by atoms with E-state index in [0.29, 0.717) is 25.9 Å². The Morgan fingerprint density at radius 1 is 1.13 bits per heavy atom. The van der Waals surface area contributed by atoms with Gasteiger partial charge in [-0.15, -0.1) is 0 Å². The number of likely N-dealkylation sites (tertiary alicyclic amines) is 1. The van der Waals surface area contributed by atoms with E-state index in [0.717, 1.165) is 6.26 Å². The molecule has 1 saturated heterocycles. The number of nitrogens with one attached hydrogen (secondary N) is 2. The van der Waals surface area contributed by atoms with Crippen LogP contribution >= 0.6 is 11.6 Å². The third kappa shape index (κ3) is 5.48. The summed E-state index contributed by atoms with van der Waals surface area (Å²) >= 11 is 5.98. The number of rotatable bonds is 5. The zero-order chi connectivity index (χ0) is 21.9. The molecule has 0 atom stereocenters. The molecule has 1 aliphatic rings. The Morgan fingerprint density at radius 3 is 2.43 bits per heavy atom. The van der Waals surface area contributed by atoms with Crippen molar-refractivity contribution in [3.05, 3.63) is 64.4 Å². The molecule has 0 bridgehead atoms. The van der Waals surface area contributed by atoms with E-state index in [1.54, 1.807) is 11.0 Å². The Kier molecular flexibility index (Phi) is 6.62. The minimum atomic E-state index is -3.54. The topological polar surface area (TPSA) is 95.6 Å². The SMILES string of the molecule is CS(=O)(=O)Nc1cc(C(=O)NC2CCN(C(=O)c3ccccc3F)CC2)ccc1Cl. The number of carbonyl (C=O) groups excluding carboxylic acids is 2. The molecule has 0 unspecified atom stereocenters. The van der Waals surface area contributed by atoms with E-state index in [-0.39, 0.29) is 39.7 Å². The van der Waals surface area contributed by atoms with Crippen LogP contribution in [-0.2, 0) is 10.0 Å². The predicted molar refractivity (Wildman–Crippen MR) is 113 cm³/mol. The number of halogens is 2. The van der Waals surface area contributed by atoms with Crippen LogP contribution in [0.2, 0.25) is 5.02 Å². The van der Waals surface area contributed by atoms with E-state index < -0.39 is 15.8 Å².